The molecule has 2 aromatic rings. The van der Waals surface area contributed by atoms with Crippen LogP contribution in [-0.4, -0.2) is 41.0 Å². The van der Waals surface area contributed by atoms with E-state index in [0.29, 0.717) is 0 Å². The van der Waals surface area contributed by atoms with Crippen molar-refractivity contribution in [1.29, 1.82) is 0 Å². The van der Waals surface area contributed by atoms with Gasteiger partial charge in [0.15, 0.2) is 0 Å². The summed E-state index contributed by atoms with van der Waals surface area (Å²) >= 11 is 1.75. The summed E-state index contributed by atoms with van der Waals surface area (Å²) in [7, 11) is 0. The Balaban J connectivity index is 1.48. The van der Waals surface area contributed by atoms with Gasteiger partial charge in [-0.05, 0) is 19.4 Å². The molecule has 2 heterocycles. The third kappa shape index (κ3) is 4.13. The van der Waals surface area contributed by atoms with Gasteiger partial charge < -0.3 is 0 Å². The van der Waals surface area contributed by atoms with Crippen molar-refractivity contribution in [2.75, 3.05) is 26.2 Å². The minimum atomic E-state index is 1.00. The van der Waals surface area contributed by atoms with Crippen LogP contribution in [0.25, 0.3) is 0 Å². The largest absolute Gasteiger partial charge is 0.297 e. The Hall–Kier alpha value is -1.23. The Bertz CT molecular complexity index is 585. The number of aromatic nitrogens is 1. The topological polar surface area (TPSA) is 19.4 Å². The quantitative estimate of drug-likeness (QED) is 0.865. The normalized spacial score (nSPS) is 17.2. The molecule has 0 atom stereocenters. The first-order valence-corrected chi connectivity index (χ1v) is 8.48. The van der Waals surface area contributed by atoms with Crippen LogP contribution in [0.1, 0.15) is 21.8 Å². The highest BCUT2D eigenvalue weighted by Gasteiger charge is 2.17. The zero-order valence-electron chi connectivity index (χ0n) is 12.9. The second-order valence-electron chi connectivity index (χ2n) is 5.90. The fourth-order valence-electron chi connectivity index (χ4n) is 2.88. The van der Waals surface area contributed by atoms with E-state index < -0.39 is 0 Å². The fourth-order valence-corrected chi connectivity index (χ4v) is 3.49. The molecule has 1 aliphatic rings. The minimum absolute atomic E-state index is 1.00. The molecule has 0 N–H and O–H groups in total. The molecule has 4 heteroatoms. The van der Waals surface area contributed by atoms with Gasteiger partial charge in [-0.25, -0.2) is 4.98 Å². The molecule has 1 aromatic heterocycles. The van der Waals surface area contributed by atoms with E-state index in [2.05, 4.69) is 58.3 Å². The van der Waals surface area contributed by atoms with Gasteiger partial charge in [0.2, 0.25) is 0 Å². The van der Waals surface area contributed by atoms with Crippen molar-refractivity contribution in [2.45, 2.75) is 26.9 Å². The molecule has 0 aliphatic carbocycles. The molecule has 0 spiro atoms. The number of hydrogen-bond donors (Lipinski definition) is 0. The Morgan fingerprint density at radius 1 is 1.05 bits per heavy atom. The van der Waals surface area contributed by atoms with E-state index in [0.717, 1.165) is 39.3 Å². The average molecular weight is 301 g/mol. The van der Waals surface area contributed by atoms with Crippen LogP contribution in [-0.2, 0) is 13.1 Å². The van der Waals surface area contributed by atoms with E-state index in [1.165, 1.54) is 21.8 Å². The van der Waals surface area contributed by atoms with E-state index in [9.17, 15) is 0 Å². The van der Waals surface area contributed by atoms with E-state index in [1.807, 2.05) is 0 Å². The van der Waals surface area contributed by atoms with Crippen molar-refractivity contribution < 1.29 is 0 Å². The summed E-state index contributed by atoms with van der Waals surface area (Å²) < 4.78 is 0. The average Bonchev–Trinajstić information content (AvgIpc) is 2.86. The van der Waals surface area contributed by atoms with Crippen molar-refractivity contribution in [3.05, 3.63) is 51.5 Å². The lowest BCUT2D eigenvalue weighted by atomic mass is 10.1. The smallest absolute Gasteiger partial charge is 0.0897 e. The number of benzene rings is 1. The standard InChI is InChI=1S/C17H23N3S/c1-14-4-3-5-16(10-14)11-19-6-8-20(9-7-19)12-17-13-21-15(2)18-17/h3-5,10,13H,6-9,11-12H2,1-2H3. The van der Waals surface area contributed by atoms with Crippen LogP contribution in [0.15, 0.2) is 29.6 Å². The molecule has 3 nitrogen and oxygen atoms in total. The summed E-state index contributed by atoms with van der Waals surface area (Å²) in [5.41, 5.74) is 4.01. The first-order valence-electron chi connectivity index (χ1n) is 7.60. The van der Waals surface area contributed by atoms with Gasteiger partial charge in [-0.3, -0.25) is 9.80 Å². The monoisotopic (exact) mass is 301 g/mol. The van der Waals surface area contributed by atoms with Crippen LogP contribution >= 0.6 is 11.3 Å². The van der Waals surface area contributed by atoms with Gasteiger partial charge in [-0.2, -0.15) is 0 Å². The summed E-state index contributed by atoms with van der Waals surface area (Å²) in [5, 5.41) is 3.36. The van der Waals surface area contributed by atoms with E-state index in [4.69, 9.17) is 0 Å². The zero-order valence-corrected chi connectivity index (χ0v) is 13.7. The molecule has 3 rings (SSSR count). The molecule has 112 valence electrons. The molecule has 1 aromatic carbocycles. The first kappa shape index (κ1) is 14.7. The van der Waals surface area contributed by atoms with E-state index in [-0.39, 0.29) is 0 Å². The number of thiazole rings is 1. The van der Waals surface area contributed by atoms with Crippen molar-refractivity contribution in [3.8, 4) is 0 Å². The van der Waals surface area contributed by atoms with Crippen molar-refractivity contribution in [1.82, 2.24) is 14.8 Å². The van der Waals surface area contributed by atoms with Crippen molar-refractivity contribution >= 4 is 11.3 Å². The fraction of sp³-hybridized carbons (Fsp3) is 0.471. The van der Waals surface area contributed by atoms with Crippen LogP contribution < -0.4 is 0 Å². The van der Waals surface area contributed by atoms with Crippen molar-refractivity contribution in [2.24, 2.45) is 0 Å². The molecule has 0 radical (unpaired) electrons. The molecule has 21 heavy (non-hydrogen) atoms. The third-order valence-corrected chi connectivity index (χ3v) is 4.83. The van der Waals surface area contributed by atoms with E-state index >= 15 is 0 Å². The maximum Gasteiger partial charge on any atom is 0.0897 e. The summed E-state index contributed by atoms with van der Waals surface area (Å²) in [6.45, 7) is 10.9. The molecule has 0 bridgehead atoms. The predicted octanol–water partition coefficient (Wildman–Crippen LogP) is 3.08. The lowest BCUT2D eigenvalue weighted by Crippen LogP contribution is -2.45. The van der Waals surface area contributed by atoms with Crippen LogP contribution in [0.3, 0.4) is 0 Å². The number of nitrogens with zero attached hydrogens (tertiary/aromatic N) is 3. The van der Waals surface area contributed by atoms with Gasteiger partial charge in [-0.15, -0.1) is 11.3 Å². The Morgan fingerprint density at radius 3 is 2.38 bits per heavy atom. The minimum Gasteiger partial charge on any atom is -0.297 e. The van der Waals surface area contributed by atoms with Gasteiger partial charge in [0.25, 0.3) is 0 Å². The zero-order chi connectivity index (χ0) is 14.7. The Kier molecular flexibility index (Phi) is 4.68. The highest BCUT2D eigenvalue weighted by molar-refractivity contribution is 7.09. The lowest BCUT2D eigenvalue weighted by molar-refractivity contribution is 0.121. The Morgan fingerprint density at radius 2 is 1.76 bits per heavy atom. The van der Waals surface area contributed by atoms with Crippen LogP contribution in [0, 0.1) is 13.8 Å². The molecule has 1 fully saturated rings. The number of piperazine rings is 1. The summed E-state index contributed by atoms with van der Waals surface area (Å²) in [6.07, 6.45) is 0. The molecular formula is C17H23N3S. The van der Waals surface area contributed by atoms with E-state index in [1.54, 1.807) is 11.3 Å². The highest BCUT2D eigenvalue weighted by atomic mass is 32.1. The summed E-state index contributed by atoms with van der Waals surface area (Å²) in [5.74, 6) is 0. The summed E-state index contributed by atoms with van der Waals surface area (Å²) in [6, 6.07) is 8.85. The lowest BCUT2D eigenvalue weighted by Gasteiger charge is -2.34. The second-order valence-corrected chi connectivity index (χ2v) is 6.96. The SMILES string of the molecule is Cc1cccc(CN2CCN(Cc3csc(C)n3)CC2)c1. The molecule has 0 unspecified atom stereocenters. The van der Waals surface area contributed by atoms with Crippen molar-refractivity contribution in [3.63, 3.8) is 0 Å². The molecule has 1 aliphatic heterocycles. The van der Waals surface area contributed by atoms with Gasteiger partial charge in [0.05, 0.1) is 10.7 Å². The number of aryl methyl sites for hydroxylation is 2. The van der Waals surface area contributed by atoms with Gasteiger partial charge in [0, 0.05) is 44.6 Å². The first-order chi connectivity index (χ1) is 10.2. The van der Waals surface area contributed by atoms with Gasteiger partial charge in [0.1, 0.15) is 0 Å². The van der Waals surface area contributed by atoms with Gasteiger partial charge >= 0.3 is 0 Å². The van der Waals surface area contributed by atoms with Crippen LogP contribution in [0.2, 0.25) is 0 Å². The summed E-state index contributed by atoms with van der Waals surface area (Å²) in [4.78, 5) is 9.63. The maximum atomic E-state index is 4.56. The second kappa shape index (κ2) is 6.69. The van der Waals surface area contributed by atoms with Crippen LogP contribution in [0.4, 0.5) is 0 Å². The maximum absolute atomic E-state index is 4.56. The Labute approximate surface area is 131 Å². The molecule has 0 amide bonds. The molecule has 0 saturated carbocycles. The number of rotatable bonds is 4. The molecule has 1 saturated heterocycles. The predicted molar refractivity (Wildman–Crippen MR) is 88.6 cm³/mol. The number of hydrogen-bond acceptors (Lipinski definition) is 4. The molecular weight excluding hydrogens is 278 g/mol. The highest BCUT2D eigenvalue weighted by Crippen LogP contribution is 2.14. The third-order valence-electron chi connectivity index (χ3n) is 4.01. The van der Waals surface area contributed by atoms with Crippen LogP contribution in [0.5, 0.6) is 0 Å². The van der Waals surface area contributed by atoms with Gasteiger partial charge in [-0.1, -0.05) is 29.8 Å².